The van der Waals surface area contributed by atoms with Crippen LogP contribution < -0.4 is 5.73 Å². The van der Waals surface area contributed by atoms with Crippen LogP contribution in [0.25, 0.3) is 17.1 Å². The first-order valence-electron chi connectivity index (χ1n) is 6.43. The van der Waals surface area contributed by atoms with E-state index in [2.05, 4.69) is 39.9 Å². The molecule has 2 N–H and O–H groups in total. The molecule has 0 fully saturated rings. The molecule has 0 spiro atoms. The van der Waals surface area contributed by atoms with Crippen LogP contribution in [0, 0.1) is 6.92 Å². The second-order valence-corrected chi connectivity index (χ2v) is 4.92. The Kier molecular flexibility index (Phi) is 3.82. The van der Waals surface area contributed by atoms with Crippen LogP contribution in [-0.2, 0) is 7.05 Å². The van der Waals surface area contributed by atoms with E-state index in [1.165, 1.54) is 11.1 Å². The second kappa shape index (κ2) is 5.36. The molecule has 1 heterocycles. The van der Waals surface area contributed by atoms with Gasteiger partial charge in [-0.25, -0.2) is 4.98 Å². The summed E-state index contributed by atoms with van der Waals surface area (Å²) in [7, 11) is 2.04. The summed E-state index contributed by atoms with van der Waals surface area (Å²) in [6, 6.07) is 6.66. The Morgan fingerprint density at radius 1 is 1.44 bits per heavy atom. The van der Waals surface area contributed by atoms with Gasteiger partial charge in [-0.2, -0.15) is 0 Å². The number of allylic oxidation sites excluding steroid dienone is 1. The molecule has 18 heavy (non-hydrogen) atoms. The summed E-state index contributed by atoms with van der Waals surface area (Å²) in [6.45, 7) is 4.06. The molecule has 3 nitrogen and oxygen atoms in total. The average Bonchev–Trinajstić information content (AvgIpc) is 2.60. The summed E-state index contributed by atoms with van der Waals surface area (Å²) in [5.74, 6) is 1.04. The van der Waals surface area contributed by atoms with Crippen LogP contribution in [0.2, 0.25) is 0 Å². The predicted octanol–water partition coefficient (Wildman–Crippen LogP) is 3.02. The van der Waals surface area contributed by atoms with Gasteiger partial charge in [-0.1, -0.05) is 18.2 Å². The molecular weight excluding hydrogens is 222 g/mol. The summed E-state index contributed by atoms with van der Waals surface area (Å²) >= 11 is 0. The van der Waals surface area contributed by atoms with Crippen molar-refractivity contribution in [2.75, 3.05) is 0 Å². The van der Waals surface area contributed by atoms with Gasteiger partial charge in [-0.3, -0.25) is 0 Å². The van der Waals surface area contributed by atoms with E-state index in [9.17, 15) is 0 Å². The molecule has 0 aliphatic rings. The highest BCUT2D eigenvalue weighted by Crippen LogP contribution is 2.17. The molecular formula is C15H21N3. The number of benzene rings is 1. The van der Waals surface area contributed by atoms with Crippen LogP contribution in [0.4, 0.5) is 0 Å². The summed E-state index contributed by atoms with van der Waals surface area (Å²) in [4.78, 5) is 4.54. The van der Waals surface area contributed by atoms with Crippen LogP contribution in [0.15, 0.2) is 24.3 Å². The molecule has 2 rings (SSSR count). The topological polar surface area (TPSA) is 43.8 Å². The van der Waals surface area contributed by atoms with E-state index in [-0.39, 0.29) is 6.04 Å². The minimum Gasteiger partial charge on any atom is -0.331 e. The van der Waals surface area contributed by atoms with Gasteiger partial charge in [0.2, 0.25) is 0 Å². The van der Waals surface area contributed by atoms with Crippen molar-refractivity contribution >= 4 is 17.1 Å². The fraction of sp³-hybridized carbons (Fsp3) is 0.400. The molecule has 0 saturated carbocycles. The highest BCUT2D eigenvalue weighted by molar-refractivity contribution is 5.79. The molecule has 3 heteroatoms. The number of rotatable bonds is 4. The third kappa shape index (κ3) is 2.79. The Balaban J connectivity index is 2.15. The van der Waals surface area contributed by atoms with Gasteiger partial charge in [0.05, 0.1) is 11.0 Å². The summed E-state index contributed by atoms with van der Waals surface area (Å²) in [5.41, 5.74) is 9.16. The molecule has 1 unspecified atom stereocenters. The van der Waals surface area contributed by atoms with Gasteiger partial charge in [-0.15, -0.1) is 0 Å². The fourth-order valence-corrected chi connectivity index (χ4v) is 2.02. The minimum absolute atomic E-state index is 0.274. The molecule has 0 radical (unpaired) electrons. The number of aryl methyl sites for hydroxylation is 2. The van der Waals surface area contributed by atoms with E-state index < -0.39 is 0 Å². The third-order valence-electron chi connectivity index (χ3n) is 3.23. The first-order valence-corrected chi connectivity index (χ1v) is 6.43. The molecule has 2 aromatic rings. The van der Waals surface area contributed by atoms with Crippen molar-refractivity contribution in [3.8, 4) is 0 Å². The predicted molar refractivity (Wildman–Crippen MR) is 77.4 cm³/mol. The minimum atomic E-state index is 0.274. The number of nitrogens with zero attached hydrogens (tertiary/aromatic N) is 2. The molecule has 0 aliphatic heterocycles. The lowest BCUT2D eigenvalue weighted by molar-refractivity contribution is 0.677. The first kappa shape index (κ1) is 12.8. The smallest absolute Gasteiger partial charge is 0.106 e. The van der Waals surface area contributed by atoms with Crippen LogP contribution in [0.3, 0.4) is 0 Å². The number of hydrogen-bond donors (Lipinski definition) is 1. The highest BCUT2D eigenvalue weighted by atomic mass is 15.0. The molecule has 96 valence electrons. The maximum Gasteiger partial charge on any atom is 0.106 e. The third-order valence-corrected chi connectivity index (χ3v) is 3.23. The van der Waals surface area contributed by atoms with Crippen molar-refractivity contribution in [3.05, 3.63) is 35.7 Å². The van der Waals surface area contributed by atoms with Crippen LogP contribution in [0.1, 0.15) is 31.2 Å². The maximum absolute atomic E-state index is 5.72. The zero-order valence-electron chi connectivity index (χ0n) is 11.4. The van der Waals surface area contributed by atoms with Gasteiger partial charge in [0.1, 0.15) is 5.82 Å². The van der Waals surface area contributed by atoms with Crippen LogP contribution in [0.5, 0.6) is 0 Å². The Morgan fingerprint density at radius 3 is 2.94 bits per heavy atom. The number of fused-ring (bicyclic) bond motifs is 1. The zero-order chi connectivity index (χ0) is 13.1. The van der Waals surface area contributed by atoms with Crippen LogP contribution >= 0.6 is 0 Å². The lowest BCUT2D eigenvalue weighted by Crippen LogP contribution is -2.13. The number of aromatic nitrogens is 2. The van der Waals surface area contributed by atoms with E-state index in [1.807, 2.05) is 20.9 Å². The standard InChI is InChI=1S/C15H21N3/c1-11(16)6-4-5-7-13-8-9-15-14(10-13)17-12(2)18(15)3/h5,7-11H,4,6,16H2,1-3H3/b7-5+. The molecule has 0 saturated heterocycles. The summed E-state index contributed by atoms with van der Waals surface area (Å²) < 4.78 is 2.11. The normalized spacial score (nSPS) is 13.6. The Hall–Kier alpha value is -1.61. The molecule has 1 atom stereocenters. The van der Waals surface area contributed by atoms with E-state index in [4.69, 9.17) is 5.73 Å². The molecule has 0 bridgehead atoms. The highest BCUT2D eigenvalue weighted by Gasteiger charge is 2.03. The largest absolute Gasteiger partial charge is 0.331 e. The van der Waals surface area contributed by atoms with Crippen molar-refractivity contribution < 1.29 is 0 Å². The molecule has 0 amide bonds. The SMILES string of the molecule is Cc1nc2cc(/C=C/CCC(C)N)ccc2n1C. The molecule has 1 aromatic heterocycles. The summed E-state index contributed by atoms with van der Waals surface area (Å²) in [5, 5.41) is 0. The molecule has 1 aromatic carbocycles. The van der Waals surface area contributed by atoms with Crippen molar-refractivity contribution in [1.82, 2.24) is 9.55 Å². The van der Waals surface area contributed by atoms with Crippen molar-refractivity contribution in [1.29, 1.82) is 0 Å². The Morgan fingerprint density at radius 2 is 2.22 bits per heavy atom. The van der Waals surface area contributed by atoms with Crippen molar-refractivity contribution in [2.45, 2.75) is 32.7 Å². The van der Waals surface area contributed by atoms with Crippen molar-refractivity contribution in [3.63, 3.8) is 0 Å². The van der Waals surface area contributed by atoms with E-state index in [1.54, 1.807) is 0 Å². The average molecular weight is 243 g/mol. The van der Waals surface area contributed by atoms with Gasteiger partial charge in [0, 0.05) is 13.1 Å². The summed E-state index contributed by atoms with van der Waals surface area (Å²) in [6.07, 6.45) is 6.38. The van der Waals surface area contributed by atoms with Gasteiger partial charge in [0.15, 0.2) is 0 Å². The Bertz CT molecular complexity index is 564. The second-order valence-electron chi connectivity index (χ2n) is 4.92. The number of nitrogens with two attached hydrogens (primary N) is 1. The van der Waals surface area contributed by atoms with E-state index >= 15 is 0 Å². The van der Waals surface area contributed by atoms with Gasteiger partial charge in [-0.05, 0) is 44.4 Å². The van der Waals surface area contributed by atoms with E-state index in [0.29, 0.717) is 0 Å². The van der Waals surface area contributed by atoms with Gasteiger partial charge in [0.25, 0.3) is 0 Å². The van der Waals surface area contributed by atoms with E-state index in [0.717, 1.165) is 24.2 Å². The van der Waals surface area contributed by atoms with Gasteiger partial charge < -0.3 is 10.3 Å². The first-order chi connectivity index (χ1) is 8.58. The van der Waals surface area contributed by atoms with Crippen LogP contribution in [-0.4, -0.2) is 15.6 Å². The number of imidazole rings is 1. The zero-order valence-corrected chi connectivity index (χ0v) is 11.4. The lowest BCUT2D eigenvalue weighted by atomic mass is 10.1. The number of hydrogen-bond acceptors (Lipinski definition) is 2. The molecule has 0 aliphatic carbocycles. The maximum atomic E-state index is 5.72. The fourth-order valence-electron chi connectivity index (χ4n) is 2.02. The quantitative estimate of drug-likeness (QED) is 0.897. The monoisotopic (exact) mass is 243 g/mol. The van der Waals surface area contributed by atoms with Crippen molar-refractivity contribution in [2.24, 2.45) is 12.8 Å². The van der Waals surface area contributed by atoms with Gasteiger partial charge >= 0.3 is 0 Å². The Labute approximate surface area is 108 Å². The lowest BCUT2D eigenvalue weighted by Gasteiger charge is -2.00.